The summed E-state index contributed by atoms with van der Waals surface area (Å²) < 4.78 is 0. The lowest BCUT2D eigenvalue weighted by atomic mass is 10.2. The van der Waals surface area contributed by atoms with Gasteiger partial charge in [-0.25, -0.2) is 0 Å². The molecule has 0 aromatic carbocycles. The summed E-state index contributed by atoms with van der Waals surface area (Å²) in [5, 5.41) is 20.8. The standard InChI is InChI=1S/C10H23NO2/c1-2-3-4-5-7-11-8-6-10(13)9-12/h10-13H,2-9H2,1H3. The van der Waals surface area contributed by atoms with Gasteiger partial charge in [0.1, 0.15) is 0 Å². The minimum atomic E-state index is -0.553. The molecule has 0 spiro atoms. The van der Waals surface area contributed by atoms with Crippen LogP contribution >= 0.6 is 0 Å². The van der Waals surface area contributed by atoms with Crippen LogP contribution in [0.25, 0.3) is 0 Å². The second-order valence-corrected chi connectivity index (χ2v) is 3.44. The van der Waals surface area contributed by atoms with Crippen molar-refractivity contribution >= 4 is 0 Å². The Hall–Kier alpha value is -0.120. The van der Waals surface area contributed by atoms with Gasteiger partial charge in [-0.3, -0.25) is 0 Å². The minimum Gasteiger partial charge on any atom is -0.394 e. The summed E-state index contributed by atoms with van der Waals surface area (Å²) in [6, 6.07) is 0. The van der Waals surface area contributed by atoms with E-state index in [1.165, 1.54) is 25.7 Å². The van der Waals surface area contributed by atoms with Crippen LogP contribution in [-0.4, -0.2) is 36.0 Å². The Balaban J connectivity index is 2.91. The molecule has 0 aliphatic carbocycles. The molecule has 0 heterocycles. The zero-order valence-corrected chi connectivity index (χ0v) is 8.63. The van der Waals surface area contributed by atoms with Crippen LogP contribution in [0.5, 0.6) is 0 Å². The third-order valence-electron chi connectivity index (χ3n) is 2.07. The Morgan fingerprint density at radius 3 is 2.54 bits per heavy atom. The molecule has 0 fully saturated rings. The van der Waals surface area contributed by atoms with Crippen molar-refractivity contribution in [2.24, 2.45) is 0 Å². The van der Waals surface area contributed by atoms with Crippen LogP contribution in [0.4, 0.5) is 0 Å². The summed E-state index contributed by atoms with van der Waals surface area (Å²) in [6.45, 7) is 3.90. The molecule has 1 unspecified atom stereocenters. The van der Waals surface area contributed by atoms with Crippen molar-refractivity contribution in [1.82, 2.24) is 5.32 Å². The fraction of sp³-hybridized carbons (Fsp3) is 1.00. The smallest absolute Gasteiger partial charge is 0.0783 e. The van der Waals surface area contributed by atoms with Gasteiger partial charge in [0, 0.05) is 0 Å². The first-order chi connectivity index (χ1) is 6.31. The van der Waals surface area contributed by atoms with E-state index in [4.69, 9.17) is 10.2 Å². The van der Waals surface area contributed by atoms with Crippen LogP contribution in [-0.2, 0) is 0 Å². The van der Waals surface area contributed by atoms with Gasteiger partial charge < -0.3 is 15.5 Å². The Morgan fingerprint density at radius 2 is 1.92 bits per heavy atom. The molecule has 0 bridgehead atoms. The fourth-order valence-electron chi connectivity index (χ4n) is 1.16. The van der Waals surface area contributed by atoms with E-state index >= 15 is 0 Å². The lowest BCUT2D eigenvalue weighted by Gasteiger charge is -2.07. The largest absolute Gasteiger partial charge is 0.394 e. The molecule has 0 aliphatic heterocycles. The Kier molecular flexibility index (Phi) is 9.87. The van der Waals surface area contributed by atoms with Crippen LogP contribution in [0, 0.1) is 0 Å². The Bertz CT molecular complexity index is 98.9. The minimum absolute atomic E-state index is 0.127. The average molecular weight is 189 g/mol. The molecule has 0 aliphatic rings. The summed E-state index contributed by atoms with van der Waals surface area (Å²) in [5.74, 6) is 0. The SMILES string of the molecule is CCCCCCNCCC(O)CO. The predicted octanol–water partition coefficient (Wildman–Crippen LogP) is 0.900. The number of aliphatic hydroxyl groups excluding tert-OH is 2. The molecule has 0 rings (SSSR count). The zero-order valence-electron chi connectivity index (χ0n) is 8.63. The highest BCUT2D eigenvalue weighted by Gasteiger charge is 1.99. The highest BCUT2D eigenvalue weighted by Crippen LogP contribution is 1.97. The quantitative estimate of drug-likeness (QED) is 0.472. The maximum atomic E-state index is 9.01. The van der Waals surface area contributed by atoms with E-state index < -0.39 is 6.10 Å². The molecule has 3 heteroatoms. The van der Waals surface area contributed by atoms with Crippen LogP contribution in [0.2, 0.25) is 0 Å². The molecular weight excluding hydrogens is 166 g/mol. The second kappa shape index (κ2) is 9.96. The molecule has 0 aromatic heterocycles. The molecule has 80 valence electrons. The van der Waals surface area contributed by atoms with E-state index in [0.29, 0.717) is 6.42 Å². The summed E-state index contributed by atoms with van der Waals surface area (Å²) >= 11 is 0. The molecule has 3 N–H and O–H groups in total. The Morgan fingerprint density at radius 1 is 1.15 bits per heavy atom. The van der Waals surface area contributed by atoms with E-state index in [1.54, 1.807) is 0 Å². The second-order valence-electron chi connectivity index (χ2n) is 3.44. The molecule has 13 heavy (non-hydrogen) atoms. The monoisotopic (exact) mass is 189 g/mol. The van der Waals surface area contributed by atoms with Gasteiger partial charge in [-0.15, -0.1) is 0 Å². The average Bonchev–Trinajstić information content (AvgIpc) is 2.16. The highest BCUT2D eigenvalue weighted by molar-refractivity contribution is 4.55. The number of unbranched alkanes of at least 4 members (excludes halogenated alkanes) is 3. The number of hydrogen-bond acceptors (Lipinski definition) is 3. The molecule has 0 saturated heterocycles. The maximum absolute atomic E-state index is 9.01. The molecule has 3 nitrogen and oxygen atoms in total. The van der Waals surface area contributed by atoms with Crippen LogP contribution in [0.15, 0.2) is 0 Å². The lowest BCUT2D eigenvalue weighted by molar-refractivity contribution is 0.0883. The molecule has 1 atom stereocenters. The van der Waals surface area contributed by atoms with Crippen molar-refractivity contribution in [3.8, 4) is 0 Å². The van der Waals surface area contributed by atoms with Crippen molar-refractivity contribution < 1.29 is 10.2 Å². The highest BCUT2D eigenvalue weighted by atomic mass is 16.3. The fourth-order valence-corrected chi connectivity index (χ4v) is 1.16. The molecule has 0 saturated carbocycles. The summed E-state index contributed by atoms with van der Waals surface area (Å²) in [7, 11) is 0. The molecule has 0 amide bonds. The Labute approximate surface area is 81.2 Å². The van der Waals surface area contributed by atoms with Gasteiger partial charge in [0.05, 0.1) is 12.7 Å². The predicted molar refractivity (Wildman–Crippen MR) is 54.7 cm³/mol. The van der Waals surface area contributed by atoms with Crippen molar-refractivity contribution in [3.05, 3.63) is 0 Å². The number of aliphatic hydroxyl groups is 2. The van der Waals surface area contributed by atoms with Gasteiger partial charge >= 0.3 is 0 Å². The van der Waals surface area contributed by atoms with Crippen molar-refractivity contribution in [3.63, 3.8) is 0 Å². The first-order valence-electron chi connectivity index (χ1n) is 5.31. The van der Waals surface area contributed by atoms with E-state index in [-0.39, 0.29) is 6.61 Å². The topological polar surface area (TPSA) is 52.5 Å². The van der Waals surface area contributed by atoms with Crippen LogP contribution in [0.1, 0.15) is 39.0 Å². The van der Waals surface area contributed by atoms with Crippen molar-refractivity contribution in [2.75, 3.05) is 19.7 Å². The van der Waals surface area contributed by atoms with Crippen LogP contribution in [0.3, 0.4) is 0 Å². The molecule has 0 aromatic rings. The third-order valence-corrected chi connectivity index (χ3v) is 2.07. The van der Waals surface area contributed by atoms with E-state index in [9.17, 15) is 0 Å². The first-order valence-corrected chi connectivity index (χ1v) is 5.31. The van der Waals surface area contributed by atoms with E-state index in [2.05, 4.69) is 12.2 Å². The lowest BCUT2D eigenvalue weighted by Crippen LogP contribution is -2.23. The molecular formula is C10H23NO2. The third kappa shape index (κ3) is 9.80. The van der Waals surface area contributed by atoms with E-state index in [1.807, 2.05) is 0 Å². The maximum Gasteiger partial charge on any atom is 0.0783 e. The zero-order chi connectivity index (χ0) is 9.94. The number of hydrogen-bond donors (Lipinski definition) is 3. The summed E-state index contributed by atoms with van der Waals surface area (Å²) in [6.07, 6.45) is 5.16. The van der Waals surface area contributed by atoms with Crippen molar-refractivity contribution in [1.29, 1.82) is 0 Å². The van der Waals surface area contributed by atoms with Gasteiger partial charge in [-0.1, -0.05) is 26.2 Å². The van der Waals surface area contributed by atoms with Gasteiger partial charge in [0.15, 0.2) is 0 Å². The summed E-state index contributed by atoms with van der Waals surface area (Å²) in [5.41, 5.74) is 0. The molecule has 0 radical (unpaired) electrons. The van der Waals surface area contributed by atoms with Gasteiger partial charge in [-0.05, 0) is 25.9 Å². The van der Waals surface area contributed by atoms with Gasteiger partial charge in [-0.2, -0.15) is 0 Å². The van der Waals surface area contributed by atoms with Gasteiger partial charge in [0.2, 0.25) is 0 Å². The number of nitrogens with one attached hydrogen (secondary N) is 1. The summed E-state index contributed by atoms with van der Waals surface area (Å²) in [4.78, 5) is 0. The van der Waals surface area contributed by atoms with Gasteiger partial charge in [0.25, 0.3) is 0 Å². The first kappa shape index (κ1) is 12.9. The van der Waals surface area contributed by atoms with E-state index in [0.717, 1.165) is 13.1 Å². The van der Waals surface area contributed by atoms with Crippen molar-refractivity contribution in [2.45, 2.75) is 45.1 Å². The number of rotatable bonds is 9. The van der Waals surface area contributed by atoms with Crippen LogP contribution < -0.4 is 5.32 Å². The normalized spacial score (nSPS) is 13.2.